The molecule has 1 amide bonds. The standard InChI is InChI=1S/C40H51N7O4Si.C2HF3O2/c1-6-14-30(22-24-51-52(40(2,3)4,31-15-9-7-10-16-31)32-17-11-8-12-18-32)43-37-36-34(44-38(45-37)46-39(48)49)26-42-47(36)27-29-21-20-28(25-35(29)50-5)33-19-13-23-41-33;3-2(4,5)1(6)7/h7-12,15-18,20-21,25-26,30,33,41H,6,13-14,19,22-24,27H2,1-5H3,(H,48,49)(H2,43,44,45,46);(H,6,7). The maximum atomic E-state index is 11.7. The Kier molecular flexibility index (Phi) is 14.7. The molecule has 2 atom stereocenters. The fourth-order valence-corrected chi connectivity index (χ4v) is 12.1. The van der Waals surface area contributed by atoms with Crippen LogP contribution in [0.1, 0.15) is 77.0 Å². The number of carbonyl (C=O) groups is 2. The van der Waals surface area contributed by atoms with Crippen LogP contribution in [0.15, 0.2) is 85.1 Å². The molecule has 0 aliphatic carbocycles. The van der Waals surface area contributed by atoms with Crippen molar-refractivity contribution < 1.29 is 42.1 Å². The number of halogens is 3. The molecule has 0 radical (unpaired) electrons. The van der Waals surface area contributed by atoms with Crippen LogP contribution in [-0.2, 0) is 15.8 Å². The van der Waals surface area contributed by atoms with Crippen molar-refractivity contribution in [1.29, 1.82) is 0 Å². The van der Waals surface area contributed by atoms with E-state index in [-0.39, 0.29) is 17.0 Å². The number of nitrogens with one attached hydrogen (secondary N) is 3. The second-order valence-electron chi connectivity index (χ2n) is 15.3. The molecule has 17 heteroatoms. The van der Waals surface area contributed by atoms with E-state index < -0.39 is 26.6 Å². The van der Waals surface area contributed by atoms with Crippen molar-refractivity contribution in [3.8, 4) is 5.75 Å². The second-order valence-corrected chi connectivity index (χ2v) is 19.6. The van der Waals surface area contributed by atoms with Gasteiger partial charge < -0.3 is 30.0 Å². The van der Waals surface area contributed by atoms with Gasteiger partial charge in [-0.3, -0.25) is 10.00 Å². The number of anilines is 2. The van der Waals surface area contributed by atoms with Crippen LogP contribution in [0.4, 0.5) is 29.7 Å². The molecule has 1 aliphatic heterocycles. The van der Waals surface area contributed by atoms with E-state index >= 15 is 0 Å². The fourth-order valence-electron chi connectivity index (χ4n) is 7.56. The summed E-state index contributed by atoms with van der Waals surface area (Å²) in [5.41, 5.74) is 3.40. The summed E-state index contributed by atoms with van der Waals surface area (Å²) >= 11 is 0. The van der Waals surface area contributed by atoms with Crippen molar-refractivity contribution in [1.82, 2.24) is 25.1 Å². The van der Waals surface area contributed by atoms with Gasteiger partial charge in [-0.05, 0) is 59.3 Å². The zero-order chi connectivity index (χ0) is 42.8. The van der Waals surface area contributed by atoms with Gasteiger partial charge in [0.25, 0.3) is 8.32 Å². The molecule has 0 saturated carbocycles. The highest BCUT2D eigenvalue weighted by molar-refractivity contribution is 6.99. The molecule has 3 aromatic carbocycles. The van der Waals surface area contributed by atoms with Gasteiger partial charge >= 0.3 is 18.2 Å². The third-order valence-corrected chi connectivity index (χ3v) is 15.3. The zero-order valence-corrected chi connectivity index (χ0v) is 34.8. The number of hydrogen-bond acceptors (Lipinski definition) is 9. The summed E-state index contributed by atoms with van der Waals surface area (Å²) in [6.07, 6.45) is 0.104. The van der Waals surface area contributed by atoms with E-state index in [0.717, 1.165) is 43.5 Å². The largest absolute Gasteiger partial charge is 0.496 e. The molecule has 6 rings (SSSR count). The lowest BCUT2D eigenvalue weighted by Crippen LogP contribution is -2.66. The molecule has 13 nitrogen and oxygen atoms in total. The fraction of sp³-hybridized carbons (Fsp3) is 0.405. The minimum atomic E-state index is -5.08. The Balaban J connectivity index is 0.000000867. The van der Waals surface area contributed by atoms with Crippen molar-refractivity contribution in [2.75, 3.05) is 30.9 Å². The normalized spacial score (nSPS) is 14.9. The summed E-state index contributed by atoms with van der Waals surface area (Å²) in [6, 6.07) is 28.0. The number of carboxylic acids is 1. The van der Waals surface area contributed by atoms with E-state index in [1.165, 1.54) is 15.9 Å². The van der Waals surface area contributed by atoms with Crippen molar-refractivity contribution in [3.05, 3.63) is 96.2 Å². The minimum Gasteiger partial charge on any atom is -0.496 e. The van der Waals surface area contributed by atoms with Gasteiger partial charge in [0.05, 0.1) is 19.9 Å². The number of nitrogens with zero attached hydrogens (tertiary/aromatic N) is 4. The lowest BCUT2D eigenvalue weighted by atomic mass is 10.0. The molecule has 1 fully saturated rings. The molecule has 1 aliphatic rings. The van der Waals surface area contributed by atoms with E-state index in [9.17, 15) is 23.1 Å². The Morgan fingerprint density at radius 3 is 2.15 bits per heavy atom. The Hall–Kier alpha value is -5.52. The summed E-state index contributed by atoms with van der Waals surface area (Å²) in [7, 11) is -1.03. The maximum Gasteiger partial charge on any atom is 0.490 e. The van der Waals surface area contributed by atoms with Crippen LogP contribution < -0.4 is 31.1 Å². The van der Waals surface area contributed by atoms with Crippen molar-refractivity contribution in [2.45, 2.75) is 89.6 Å². The number of fused-ring (bicyclic) bond motifs is 1. The second kappa shape index (κ2) is 19.5. The molecule has 3 heterocycles. The van der Waals surface area contributed by atoms with E-state index in [1.807, 2.05) is 4.68 Å². The average molecular weight is 836 g/mol. The quantitative estimate of drug-likeness (QED) is 0.0659. The number of benzene rings is 3. The molecular formula is C42H52F3N7O6Si. The van der Waals surface area contributed by atoms with Crippen molar-refractivity contribution >= 4 is 53.6 Å². The summed E-state index contributed by atoms with van der Waals surface area (Å²) in [4.78, 5) is 29.8. The van der Waals surface area contributed by atoms with Crippen LogP contribution >= 0.6 is 0 Å². The Morgan fingerprint density at radius 2 is 1.63 bits per heavy atom. The Labute approximate surface area is 342 Å². The Morgan fingerprint density at radius 1 is 0.983 bits per heavy atom. The summed E-state index contributed by atoms with van der Waals surface area (Å²) in [5.74, 6) is -1.46. The van der Waals surface area contributed by atoms with Crippen LogP contribution in [-0.4, -0.2) is 82.8 Å². The molecule has 1 saturated heterocycles. The SMILES string of the molecule is CCCC(CCO[Si](c1ccccc1)(c1ccccc1)C(C)(C)C)Nc1nc(NC(=O)O)nc2cnn(Cc3ccc(C4CCCN4)cc3OC)c12.O=C(O)C(F)(F)F. The first kappa shape index (κ1) is 44.6. The van der Waals surface area contributed by atoms with E-state index in [0.29, 0.717) is 42.5 Å². The Bertz CT molecular complexity index is 2120. The van der Waals surface area contributed by atoms with Gasteiger partial charge in [-0.2, -0.15) is 23.3 Å². The maximum absolute atomic E-state index is 11.7. The highest BCUT2D eigenvalue weighted by atomic mass is 28.4. The van der Waals surface area contributed by atoms with Gasteiger partial charge in [-0.25, -0.2) is 14.6 Å². The lowest BCUT2D eigenvalue weighted by Gasteiger charge is -2.43. The predicted octanol–water partition coefficient (Wildman–Crippen LogP) is 7.58. The molecule has 0 spiro atoms. The van der Waals surface area contributed by atoms with Crippen LogP contribution in [0.25, 0.3) is 11.0 Å². The number of aliphatic carboxylic acids is 1. The van der Waals surface area contributed by atoms with E-state index in [1.54, 1.807) is 13.3 Å². The summed E-state index contributed by atoms with van der Waals surface area (Å²) in [6.45, 7) is 11.0. The molecular weight excluding hydrogens is 784 g/mol. The zero-order valence-electron chi connectivity index (χ0n) is 33.8. The summed E-state index contributed by atoms with van der Waals surface area (Å²) < 4.78 is 46.7. The minimum absolute atomic E-state index is 0.00754. The van der Waals surface area contributed by atoms with E-state index in [2.05, 4.69) is 127 Å². The highest BCUT2D eigenvalue weighted by Crippen LogP contribution is 2.37. The molecule has 0 bridgehead atoms. The number of carboxylic acid groups (broad SMARTS) is 2. The number of methoxy groups -OCH3 is 1. The van der Waals surface area contributed by atoms with Crippen LogP contribution in [0.3, 0.4) is 0 Å². The average Bonchev–Trinajstić information content (AvgIpc) is 3.88. The number of hydrogen-bond donors (Lipinski definition) is 5. The van der Waals surface area contributed by atoms with Gasteiger partial charge in [-0.1, -0.05) is 107 Å². The number of ether oxygens (including phenoxy) is 1. The predicted molar refractivity (Wildman–Crippen MR) is 223 cm³/mol. The molecule has 5 N–H and O–H groups in total. The molecule has 5 aromatic rings. The van der Waals surface area contributed by atoms with Gasteiger partial charge in [0.2, 0.25) is 5.95 Å². The van der Waals surface area contributed by atoms with Gasteiger partial charge in [0, 0.05) is 24.3 Å². The molecule has 316 valence electrons. The van der Waals surface area contributed by atoms with Crippen molar-refractivity contribution in [2.24, 2.45) is 0 Å². The van der Waals surface area contributed by atoms with Gasteiger partial charge in [0.1, 0.15) is 16.8 Å². The monoisotopic (exact) mass is 835 g/mol. The third-order valence-electron chi connectivity index (χ3n) is 10.2. The molecule has 2 unspecified atom stereocenters. The first-order chi connectivity index (χ1) is 28.1. The van der Waals surface area contributed by atoms with Gasteiger partial charge in [0.15, 0.2) is 5.82 Å². The summed E-state index contributed by atoms with van der Waals surface area (Å²) in [5, 5.41) is 33.3. The van der Waals surface area contributed by atoms with Crippen LogP contribution in [0, 0.1) is 0 Å². The number of rotatable bonds is 15. The third kappa shape index (κ3) is 11.0. The topological polar surface area (TPSA) is 173 Å². The van der Waals surface area contributed by atoms with E-state index in [4.69, 9.17) is 29.1 Å². The highest BCUT2D eigenvalue weighted by Gasteiger charge is 2.50. The molecule has 59 heavy (non-hydrogen) atoms. The lowest BCUT2D eigenvalue weighted by molar-refractivity contribution is -0.192. The van der Waals surface area contributed by atoms with Crippen LogP contribution in [0.5, 0.6) is 5.75 Å². The number of alkyl halides is 3. The first-order valence-corrected chi connectivity index (χ1v) is 21.4. The number of aromatic nitrogens is 4. The van der Waals surface area contributed by atoms with Crippen molar-refractivity contribution in [3.63, 3.8) is 0 Å². The smallest absolute Gasteiger partial charge is 0.490 e. The first-order valence-electron chi connectivity index (χ1n) is 19.5. The van der Waals surface area contributed by atoms with Crippen LogP contribution in [0.2, 0.25) is 5.04 Å². The van der Waals surface area contributed by atoms with Gasteiger partial charge in [-0.15, -0.1) is 0 Å². The molecule has 2 aromatic heterocycles. The number of amides is 1.